The van der Waals surface area contributed by atoms with E-state index in [0.29, 0.717) is 10.6 Å². The highest BCUT2D eigenvalue weighted by Crippen LogP contribution is 2.27. The van der Waals surface area contributed by atoms with Crippen molar-refractivity contribution in [3.8, 4) is 0 Å². The van der Waals surface area contributed by atoms with E-state index in [-0.39, 0.29) is 24.4 Å². The predicted octanol–water partition coefficient (Wildman–Crippen LogP) is 1.17. The van der Waals surface area contributed by atoms with Gasteiger partial charge in [-0.25, -0.2) is 0 Å². The number of carbonyl (C=O) groups is 2. The molecule has 2 rings (SSSR count). The van der Waals surface area contributed by atoms with Crippen molar-refractivity contribution < 1.29 is 14.7 Å². The van der Waals surface area contributed by atoms with E-state index >= 15 is 0 Å². The zero-order valence-electron chi connectivity index (χ0n) is 13.5. The van der Waals surface area contributed by atoms with Crippen molar-refractivity contribution in [2.75, 3.05) is 13.1 Å². The van der Waals surface area contributed by atoms with Crippen LogP contribution in [0.4, 0.5) is 0 Å². The summed E-state index contributed by atoms with van der Waals surface area (Å²) in [6, 6.07) is 3.11. The molecule has 1 fully saturated rings. The van der Waals surface area contributed by atoms with Crippen LogP contribution < -0.4 is 11.1 Å². The molecular formula is C16H23N3O3S. The van der Waals surface area contributed by atoms with Gasteiger partial charge in [0.1, 0.15) is 6.04 Å². The largest absolute Gasteiger partial charge is 0.385 e. The molecule has 0 aliphatic carbocycles. The first-order valence-electron chi connectivity index (χ1n) is 7.55. The minimum atomic E-state index is -0.961. The van der Waals surface area contributed by atoms with E-state index in [1.807, 2.05) is 4.90 Å². The van der Waals surface area contributed by atoms with Crippen LogP contribution in [-0.2, 0) is 10.4 Å². The molecule has 126 valence electrons. The monoisotopic (exact) mass is 337 g/mol. The molecule has 0 spiro atoms. The van der Waals surface area contributed by atoms with Crippen LogP contribution in [-0.4, -0.2) is 41.0 Å². The molecular weight excluding hydrogens is 314 g/mol. The molecule has 0 radical (unpaired) electrons. The topological polar surface area (TPSA) is 95.7 Å². The summed E-state index contributed by atoms with van der Waals surface area (Å²) in [6.07, 6.45) is 1.61. The molecule has 2 heterocycles. The fourth-order valence-electron chi connectivity index (χ4n) is 2.60. The highest BCUT2D eigenvalue weighted by Gasteiger charge is 2.29. The molecule has 1 aromatic heterocycles. The zero-order chi connectivity index (χ0) is 17.2. The van der Waals surface area contributed by atoms with Crippen LogP contribution in [0.2, 0.25) is 0 Å². The zero-order valence-corrected chi connectivity index (χ0v) is 14.3. The lowest BCUT2D eigenvalue weighted by molar-refractivity contribution is -0.121. The maximum atomic E-state index is 12.2. The van der Waals surface area contributed by atoms with E-state index in [2.05, 4.69) is 11.9 Å². The molecule has 1 aromatic rings. The number of aliphatic hydroxyl groups is 1. The summed E-state index contributed by atoms with van der Waals surface area (Å²) in [5.41, 5.74) is 5.10. The van der Waals surface area contributed by atoms with Crippen LogP contribution in [0, 0.1) is 0 Å². The molecule has 0 saturated carbocycles. The van der Waals surface area contributed by atoms with Gasteiger partial charge in [0.15, 0.2) is 0 Å². The highest BCUT2D eigenvalue weighted by molar-refractivity contribution is 7.14. The summed E-state index contributed by atoms with van der Waals surface area (Å²) in [4.78, 5) is 26.7. The number of thiophene rings is 1. The molecule has 23 heavy (non-hydrogen) atoms. The number of nitrogens with zero attached hydrogens (tertiary/aromatic N) is 1. The lowest BCUT2D eigenvalue weighted by Gasteiger charge is -2.26. The number of hydrogen-bond acceptors (Lipinski definition) is 5. The average Bonchev–Trinajstić information content (AvgIpc) is 3.11. The minimum Gasteiger partial charge on any atom is -0.385 e. The van der Waals surface area contributed by atoms with Crippen molar-refractivity contribution in [2.24, 2.45) is 5.73 Å². The van der Waals surface area contributed by atoms with E-state index in [1.54, 1.807) is 26.0 Å². The quantitative estimate of drug-likeness (QED) is 0.726. The van der Waals surface area contributed by atoms with E-state index in [1.165, 1.54) is 11.3 Å². The number of likely N-dealkylation sites (tertiary alicyclic amines) is 1. The van der Waals surface area contributed by atoms with E-state index in [0.717, 1.165) is 24.3 Å². The van der Waals surface area contributed by atoms with Crippen LogP contribution in [0.5, 0.6) is 0 Å². The average molecular weight is 337 g/mol. The van der Waals surface area contributed by atoms with E-state index < -0.39 is 5.60 Å². The number of nitrogens with two attached hydrogens (primary N) is 1. The van der Waals surface area contributed by atoms with Gasteiger partial charge in [0.2, 0.25) is 5.91 Å². The van der Waals surface area contributed by atoms with Crippen LogP contribution in [0.15, 0.2) is 24.4 Å². The first-order chi connectivity index (χ1) is 10.7. The maximum Gasteiger partial charge on any atom is 0.261 e. The number of amides is 2. The van der Waals surface area contributed by atoms with Gasteiger partial charge in [-0.1, -0.05) is 6.58 Å². The second kappa shape index (κ2) is 6.72. The first-order valence-corrected chi connectivity index (χ1v) is 8.36. The summed E-state index contributed by atoms with van der Waals surface area (Å²) < 4.78 is 0. The lowest BCUT2D eigenvalue weighted by Crippen LogP contribution is -2.42. The third-order valence-corrected chi connectivity index (χ3v) is 5.27. The number of rotatable bonds is 6. The number of nitrogens with one attached hydrogen (secondary N) is 1. The van der Waals surface area contributed by atoms with Gasteiger partial charge in [0.05, 0.1) is 17.0 Å². The Labute approximate surface area is 140 Å². The van der Waals surface area contributed by atoms with Gasteiger partial charge in [-0.3, -0.25) is 9.59 Å². The van der Waals surface area contributed by atoms with Crippen LogP contribution >= 0.6 is 11.3 Å². The summed E-state index contributed by atoms with van der Waals surface area (Å²) in [5.74, 6) is -0.579. The van der Waals surface area contributed by atoms with Crippen molar-refractivity contribution in [3.63, 3.8) is 0 Å². The predicted molar refractivity (Wildman–Crippen MR) is 90.0 cm³/mol. The van der Waals surface area contributed by atoms with Gasteiger partial charge < -0.3 is 21.1 Å². The minimum absolute atomic E-state index is 0.221. The number of primary amides is 1. The van der Waals surface area contributed by atoms with Crippen molar-refractivity contribution >= 4 is 23.2 Å². The second-order valence-electron chi connectivity index (χ2n) is 6.23. The molecule has 1 atom stereocenters. The second-order valence-corrected chi connectivity index (χ2v) is 7.31. The third kappa shape index (κ3) is 4.11. The van der Waals surface area contributed by atoms with Crippen LogP contribution in [0.25, 0.3) is 0 Å². The summed E-state index contributed by atoms with van der Waals surface area (Å²) in [7, 11) is 0. The molecule has 0 aromatic carbocycles. The van der Waals surface area contributed by atoms with Gasteiger partial charge >= 0.3 is 0 Å². The Hall–Kier alpha value is -1.86. The molecule has 1 saturated heterocycles. The van der Waals surface area contributed by atoms with Crippen LogP contribution in [0.1, 0.15) is 41.2 Å². The Kier molecular flexibility index (Phi) is 5.11. The smallest absolute Gasteiger partial charge is 0.261 e. The van der Waals surface area contributed by atoms with Crippen molar-refractivity contribution in [2.45, 2.75) is 38.3 Å². The Morgan fingerprint density at radius 1 is 1.52 bits per heavy atom. The molecule has 0 bridgehead atoms. The third-order valence-electron chi connectivity index (χ3n) is 3.87. The Bertz CT molecular complexity index is 618. The summed E-state index contributed by atoms with van der Waals surface area (Å²) >= 11 is 1.26. The highest BCUT2D eigenvalue weighted by atomic mass is 32.1. The van der Waals surface area contributed by atoms with E-state index in [4.69, 9.17) is 5.73 Å². The van der Waals surface area contributed by atoms with Crippen molar-refractivity contribution in [1.29, 1.82) is 0 Å². The SMILES string of the molecule is C=C(CNC(=O)c1ccc(C(C)(C)O)s1)N1CCCC1C(N)=O. The van der Waals surface area contributed by atoms with E-state index in [9.17, 15) is 14.7 Å². The van der Waals surface area contributed by atoms with Crippen molar-refractivity contribution in [3.05, 3.63) is 34.2 Å². The lowest BCUT2D eigenvalue weighted by atomic mass is 10.1. The molecule has 1 aliphatic rings. The number of hydrogen-bond donors (Lipinski definition) is 3. The standard InChI is InChI=1S/C16H23N3O3S/c1-10(19-8-4-5-11(19)14(17)20)9-18-15(21)12-6-7-13(23-12)16(2,3)22/h6-7,11,22H,1,4-5,8-9H2,2-3H3,(H2,17,20)(H,18,21). The molecule has 7 heteroatoms. The maximum absolute atomic E-state index is 12.2. The Morgan fingerprint density at radius 2 is 2.22 bits per heavy atom. The van der Waals surface area contributed by atoms with Gasteiger partial charge in [-0.05, 0) is 38.8 Å². The molecule has 2 amide bonds. The van der Waals surface area contributed by atoms with Gasteiger partial charge in [-0.2, -0.15) is 0 Å². The Balaban J connectivity index is 1.93. The van der Waals surface area contributed by atoms with Gasteiger partial charge in [0.25, 0.3) is 5.91 Å². The molecule has 1 unspecified atom stereocenters. The first kappa shape index (κ1) is 17.5. The molecule has 6 nitrogen and oxygen atoms in total. The van der Waals surface area contributed by atoms with Crippen molar-refractivity contribution in [1.82, 2.24) is 10.2 Å². The van der Waals surface area contributed by atoms with Gasteiger partial charge in [0, 0.05) is 17.1 Å². The van der Waals surface area contributed by atoms with Crippen LogP contribution in [0.3, 0.4) is 0 Å². The number of carbonyl (C=O) groups excluding carboxylic acids is 2. The fraction of sp³-hybridized carbons (Fsp3) is 0.500. The summed E-state index contributed by atoms with van der Waals surface area (Å²) in [5, 5.41) is 12.7. The molecule has 4 N–H and O–H groups in total. The summed E-state index contributed by atoms with van der Waals surface area (Å²) in [6.45, 7) is 8.30. The Morgan fingerprint density at radius 3 is 2.78 bits per heavy atom. The van der Waals surface area contributed by atoms with Gasteiger partial charge in [-0.15, -0.1) is 11.3 Å². The molecule has 1 aliphatic heterocycles. The fourth-order valence-corrected chi connectivity index (χ4v) is 3.52. The normalized spacial score (nSPS) is 18.0.